The van der Waals surface area contributed by atoms with Gasteiger partial charge in [0.15, 0.2) is 0 Å². The van der Waals surface area contributed by atoms with Crippen LogP contribution in [0, 0.1) is 6.92 Å². The molecule has 0 aliphatic heterocycles. The quantitative estimate of drug-likeness (QED) is 0.867. The first-order valence-electron chi connectivity index (χ1n) is 6.71. The summed E-state index contributed by atoms with van der Waals surface area (Å²) in [6.45, 7) is 3.73. The van der Waals surface area contributed by atoms with Gasteiger partial charge in [0.2, 0.25) is 0 Å². The number of benzene rings is 1. The van der Waals surface area contributed by atoms with Crippen molar-refractivity contribution >= 4 is 0 Å². The zero-order valence-corrected chi connectivity index (χ0v) is 11.1. The van der Waals surface area contributed by atoms with Crippen LogP contribution in [0.2, 0.25) is 0 Å². The lowest BCUT2D eigenvalue weighted by Gasteiger charge is -2.29. The fourth-order valence-corrected chi connectivity index (χ4v) is 2.48. The maximum atomic E-state index is 9.93. The molecule has 0 saturated heterocycles. The first-order valence-corrected chi connectivity index (χ1v) is 6.71. The minimum absolute atomic E-state index is 0.140. The third-order valence-electron chi connectivity index (χ3n) is 3.56. The van der Waals surface area contributed by atoms with E-state index < -0.39 is 6.10 Å². The van der Waals surface area contributed by atoms with E-state index in [1.54, 1.807) is 6.92 Å². The monoisotopic (exact) mass is 250 g/mol. The van der Waals surface area contributed by atoms with Crippen LogP contribution < -0.4 is 4.74 Å². The second-order valence-corrected chi connectivity index (χ2v) is 5.23. The minimum Gasteiger partial charge on any atom is -0.487 e. The van der Waals surface area contributed by atoms with Gasteiger partial charge in [0.1, 0.15) is 11.9 Å². The van der Waals surface area contributed by atoms with Crippen LogP contribution >= 0.6 is 0 Å². The Kier molecular flexibility index (Phi) is 4.25. The molecule has 2 N–H and O–H groups in total. The van der Waals surface area contributed by atoms with E-state index in [-0.39, 0.29) is 12.2 Å². The summed E-state index contributed by atoms with van der Waals surface area (Å²) in [4.78, 5) is 0. The average Bonchev–Trinajstić information content (AvgIpc) is 2.34. The Morgan fingerprint density at radius 3 is 2.67 bits per heavy atom. The highest BCUT2D eigenvalue weighted by atomic mass is 16.5. The van der Waals surface area contributed by atoms with Crippen molar-refractivity contribution in [1.82, 2.24) is 0 Å². The van der Waals surface area contributed by atoms with E-state index in [2.05, 4.69) is 0 Å². The molecule has 3 nitrogen and oxygen atoms in total. The SMILES string of the molecule is Cc1ccc(OC2CCCCC2O)c(C(C)O)c1. The normalized spacial score (nSPS) is 25.8. The van der Waals surface area contributed by atoms with Crippen LogP contribution in [0.5, 0.6) is 5.75 Å². The highest BCUT2D eigenvalue weighted by molar-refractivity contribution is 5.38. The van der Waals surface area contributed by atoms with Gasteiger partial charge in [0.25, 0.3) is 0 Å². The van der Waals surface area contributed by atoms with Crippen LogP contribution in [0.1, 0.15) is 49.8 Å². The van der Waals surface area contributed by atoms with Gasteiger partial charge < -0.3 is 14.9 Å². The van der Waals surface area contributed by atoms with E-state index in [0.29, 0.717) is 5.75 Å². The third kappa shape index (κ3) is 3.03. The number of rotatable bonds is 3. The standard InChI is InChI=1S/C15H22O3/c1-10-7-8-14(12(9-10)11(2)16)18-15-6-4-3-5-13(15)17/h7-9,11,13,15-17H,3-6H2,1-2H3. The molecule has 2 rings (SSSR count). The Morgan fingerprint density at radius 2 is 2.00 bits per heavy atom. The van der Waals surface area contributed by atoms with E-state index in [9.17, 15) is 10.2 Å². The number of hydrogen-bond acceptors (Lipinski definition) is 3. The van der Waals surface area contributed by atoms with Gasteiger partial charge in [-0.15, -0.1) is 0 Å². The summed E-state index contributed by atoms with van der Waals surface area (Å²) in [7, 11) is 0. The Balaban J connectivity index is 2.17. The minimum atomic E-state index is -0.555. The number of ether oxygens (including phenoxy) is 1. The van der Waals surface area contributed by atoms with E-state index in [1.807, 2.05) is 25.1 Å². The second-order valence-electron chi connectivity index (χ2n) is 5.23. The molecule has 0 aromatic heterocycles. The number of aliphatic hydroxyl groups is 2. The van der Waals surface area contributed by atoms with Crippen molar-refractivity contribution < 1.29 is 14.9 Å². The van der Waals surface area contributed by atoms with E-state index in [1.165, 1.54) is 0 Å². The van der Waals surface area contributed by atoms with Crippen LogP contribution in [0.25, 0.3) is 0 Å². The predicted molar refractivity (Wildman–Crippen MR) is 70.7 cm³/mol. The van der Waals surface area contributed by atoms with Crippen molar-refractivity contribution in [3.05, 3.63) is 29.3 Å². The van der Waals surface area contributed by atoms with Crippen molar-refractivity contribution in [1.29, 1.82) is 0 Å². The van der Waals surface area contributed by atoms with Gasteiger partial charge in [0, 0.05) is 5.56 Å². The lowest BCUT2D eigenvalue weighted by molar-refractivity contribution is 0.00527. The molecule has 0 radical (unpaired) electrons. The van der Waals surface area contributed by atoms with E-state index in [0.717, 1.165) is 36.8 Å². The molecule has 0 heterocycles. The number of aliphatic hydroxyl groups excluding tert-OH is 2. The Labute approximate surface area is 108 Å². The van der Waals surface area contributed by atoms with Crippen LogP contribution in [0.4, 0.5) is 0 Å². The maximum absolute atomic E-state index is 9.93. The number of hydrogen-bond donors (Lipinski definition) is 2. The summed E-state index contributed by atoms with van der Waals surface area (Å²) in [6.07, 6.45) is 2.77. The summed E-state index contributed by atoms with van der Waals surface area (Å²) >= 11 is 0. The topological polar surface area (TPSA) is 49.7 Å². The van der Waals surface area contributed by atoms with E-state index >= 15 is 0 Å². The summed E-state index contributed by atoms with van der Waals surface area (Å²) in [5.41, 5.74) is 1.90. The Morgan fingerprint density at radius 1 is 1.28 bits per heavy atom. The molecule has 3 heteroatoms. The van der Waals surface area contributed by atoms with Gasteiger partial charge in [-0.2, -0.15) is 0 Å². The maximum Gasteiger partial charge on any atom is 0.125 e. The molecule has 1 saturated carbocycles. The molecule has 1 aromatic rings. The first-order chi connectivity index (χ1) is 8.58. The molecule has 0 bridgehead atoms. The highest BCUT2D eigenvalue weighted by Gasteiger charge is 2.25. The molecule has 18 heavy (non-hydrogen) atoms. The van der Waals surface area contributed by atoms with Crippen LogP contribution in [-0.4, -0.2) is 22.4 Å². The largest absolute Gasteiger partial charge is 0.487 e. The van der Waals surface area contributed by atoms with Crippen LogP contribution in [-0.2, 0) is 0 Å². The zero-order chi connectivity index (χ0) is 13.1. The lowest BCUT2D eigenvalue weighted by Crippen LogP contribution is -2.34. The van der Waals surface area contributed by atoms with Crippen molar-refractivity contribution in [2.75, 3.05) is 0 Å². The summed E-state index contributed by atoms with van der Waals surface area (Å²) < 4.78 is 5.90. The molecule has 100 valence electrons. The fraction of sp³-hybridized carbons (Fsp3) is 0.600. The van der Waals surface area contributed by atoms with Gasteiger partial charge >= 0.3 is 0 Å². The van der Waals surface area contributed by atoms with Crippen molar-refractivity contribution in [3.8, 4) is 5.75 Å². The summed E-state index contributed by atoms with van der Waals surface area (Å²) in [5.74, 6) is 0.696. The molecular formula is C15H22O3. The third-order valence-corrected chi connectivity index (χ3v) is 3.56. The molecule has 1 aromatic carbocycles. The second kappa shape index (κ2) is 5.72. The Hall–Kier alpha value is -1.06. The number of aryl methyl sites for hydroxylation is 1. The Bertz CT molecular complexity index is 401. The van der Waals surface area contributed by atoms with Gasteiger partial charge in [-0.3, -0.25) is 0 Å². The molecule has 1 aliphatic rings. The fourth-order valence-electron chi connectivity index (χ4n) is 2.48. The lowest BCUT2D eigenvalue weighted by atomic mass is 9.94. The highest BCUT2D eigenvalue weighted by Crippen LogP contribution is 2.30. The first kappa shape index (κ1) is 13.4. The van der Waals surface area contributed by atoms with Crippen LogP contribution in [0.3, 0.4) is 0 Å². The van der Waals surface area contributed by atoms with Crippen molar-refractivity contribution in [2.24, 2.45) is 0 Å². The molecule has 1 fully saturated rings. The van der Waals surface area contributed by atoms with E-state index in [4.69, 9.17) is 4.74 Å². The van der Waals surface area contributed by atoms with Crippen molar-refractivity contribution in [2.45, 2.75) is 57.8 Å². The molecule has 0 amide bonds. The zero-order valence-electron chi connectivity index (χ0n) is 11.1. The molecule has 3 atom stereocenters. The molecule has 0 spiro atoms. The predicted octanol–water partition coefficient (Wildman–Crippen LogP) is 2.73. The molecular weight excluding hydrogens is 228 g/mol. The van der Waals surface area contributed by atoms with Gasteiger partial charge in [-0.25, -0.2) is 0 Å². The van der Waals surface area contributed by atoms with Gasteiger partial charge in [0.05, 0.1) is 12.2 Å². The molecule has 1 aliphatic carbocycles. The smallest absolute Gasteiger partial charge is 0.125 e. The summed E-state index contributed by atoms with van der Waals surface area (Å²) in [5, 5.41) is 19.7. The average molecular weight is 250 g/mol. The van der Waals surface area contributed by atoms with Crippen molar-refractivity contribution in [3.63, 3.8) is 0 Å². The molecule has 3 unspecified atom stereocenters. The van der Waals surface area contributed by atoms with Gasteiger partial charge in [-0.05, 0) is 45.2 Å². The van der Waals surface area contributed by atoms with Crippen LogP contribution in [0.15, 0.2) is 18.2 Å². The summed E-state index contributed by atoms with van der Waals surface area (Å²) in [6, 6.07) is 5.80. The van der Waals surface area contributed by atoms with Gasteiger partial charge in [-0.1, -0.05) is 18.1 Å².